The van der Waals surface area contributed by atoms with Crippen molar-refractivity contribution in [2.45, 2.75) is 31.0 Å². The van der Waals surface area contributed by atoms with Gasteiger partial charge in [-0.2, -0.15) is 18.3 Å². The topological polar surface area (TPSA) is 93.6 Å². The number of rotatable bonds is 1. The van der Waals surface area contributed by atoms with E-state index in [4.69, 9.17) is 10.5 Å². The zero-order valence-corrected chi connectivity index (χ0v) is 17.0. The van der Waals surface area contributed by atoms with Crippen LogP contribution in [0.5, 0.6) is 5.75 Å². The highest BCUT2D eigenvalue weighted by Crippen LogP contribution is 2.41. The fourth-order valence-corrected chi connectivity index (χ4v) is 3.97. The van der Waals surface area contributed by atoms with E-state index >= 15 is 0 Å². The summed E-state index contributed by atoms with van der Waals surface area (Å²) in [6.45, 7) is 2.66. The van der Waals surface area contributed by atoms with Gasteiger partial charge in [-0.1, -0.05) is 18.8 Å². The van der Waals surface area contributed by atoms with Gasteiger partial charge in [0.1, 0.15) is 22.6 Å². The average Bonchev–Trinajstić information content (AvgIpc) is 3.22. The highest BCUT2D eigenvalue weighted by Gasteiger charge is 2.44. The molecule has 164 valence electrons. The predicted molar refractivity (Wildman–Crippen MR) is 105 cm³/mol. The molecule has 1 fully saturated rings. The maximum Gasteiger partial charge on any atom is 0.420 e. The SMILES string of the molecule is C[C@H]1COc2ccc(C#C[C@]3(O)CCN(C)C3)cc2-n2nc(C(N)=O)c(C(F)(F)F)c21. The molecule has 2 aliphatic rings. The summed E-state index contributed by atoms with van der Waals surface area (Å²) < 4.78 is 48.2. The number of β-amino-alcohol motifs (C(OH)–C–C–N with tert-alkyl or cyclic N) is 1. The molecule has 0 unspecified atom stereocenters. The minimum absolute atomic E-state index is 0.0307. The largest absolute Gasteiger partial charge is 0.491 e. The Balaban J connectivity index is 1.85. The van der Waals surface area contributed by atoms with Crippen molar-refractivity contribution in [3.8, 4) is 23.3 Å². The van der Waals surface area contributed by atoms with Crippen molar-refractivity contribution in [2.24, 2.45) is 5.73 Å². The number of likely N-dealkylation sites (tertiary alicyclic amines) is 1. The lowest BCUT2D eigenvalue weighted by atomic mass is 10.0. The monoisotopic (exact) mass is 434 g/mol. The van der Waals surface area contributed by atoms with Crippen LogP contribution in [0.25, 0.3) is 5.69 Å². The molecule has 2 aromatic rings. The van der Waals surface area contributed by atoms with E-state index < -0.39 is 34.9 Å². The number of hydrogen-bond acceptors (Lipinski definition) is 5. The molecule has 10 heteroatoms. The van der Waals surface area contributed by atoms with Crippen molar-refractivity contribution >= 4 is 5.91 Å². The van der Waals surface area contributed by atoms with Gasteiger partial charge in [-0.05, 0) is 25.2 Å². The number of ether oxygens (including phenoxy) is 1. The van der Waals surface area contributed by atoms with Crippen LogP contribution < -0.4 is 10.5 Å². The standard InChI is InChI=1S/C21H21F3N4O3/c1-12-10-31-15-4-3-13(5-6-20(30)7-8-27(2)11-20)9-14(15)28-18(12)16(21(22,23)24)17(26-28)19(25)29/h3-4,9,12,30H,7-8,10-11H2,1-2H3,(H2,25,29)/t12-,20-/m0/s1. The Morgan fingerprint density at radius 3 is 2.77 bits per heavy atom. The number of primary amides is 1. The van der Waals surface area contributed by atoms with Crippen LogP contribution in [0.15, 0.2) is 18.2 Å². The summed E-state index contributed by atoms with van der Waals surface area (Å²) in [6.07, 6.45) is -4.31. The number of likely N-dealkylation sites (N-methyl/N-ethyl adjacent to an activating group) is 1. The summed E-state index contributed by atoms with van der Waals surface area (Å²) in [5.74, 6) is 4.11. The van der Waals surface area contributed by atoms with Crippen molar-refractivity contribution < 1.29 is 27.8 Å². The Bertz CT molecular complexity index is 1120. The Kier molecular flexibility index (Phi) is 4.98. The van der Waals surface area contributed by atoms with Gasteiger partial charge in [-0.15, -0.1) is 0 Å². The number of benzene rings is 1. The summed E-state index contributed by atoms with van der Waals surface area (Å²) in [4.78, 5) is 13.7. The molecule has 3 heterocycles. The van der Waals surface area contributed by atoms with Crippen LogP contribution in [0.1, 0.15) is 46.6 Å². The van der Waals surface area contributed by atoms with Gasteiger partial charge in [0.15, 0.2) is 5.69 Å². The molecule has 4 rings (SSSR count). The van der Waals surface area contributed by atoms with Crippen molar-refractivity contribution in [3.05, 3.63) is 40.7 Å². The quantitative estimate of drug-likeness (QED) is 0.669. The molecule has 0 spiro atoms. The van der Waals surface area contributed by atoms with E-state index in [1.807, 2.05) is 11.9 Å². The van der Waals surface area contributed by atoms with E-state index in [0.717, 1.165) is 4.68 Å². The number of hydrogen-bond donors (Lipinski definition) is 2. The molecule has 0 saturated carbocycles. The minimum atomic E-state index is -4.81. The number of halogens is 3. The second kappa shape index (κ2) is 7.28. The van der Waals surface area contributed by atoms with E-state index in [9.17, 15) is 23.1 Å². The van der Waals surface area contributed by atoms with Crippen LogP contribution >= 0.6 is 0 Å². The van der Waals surface area contributed by atoms with Crippen LogP contribution in [0.3, 0.4) is 0 Å². The Morgan fingerprint density at radius 2 is 2.16 bits per heavy atom. The summed E-state index contributed by atoms with van der Waals surface area (Å²) >= 11 is 0. The van der Waals surface area contributed by atoms with Crippen molar-refractivity contribution in [2.75, 3.05) is 26.7 Å². The highest BCUT2D eigenvalue weighted by molar-refractivity contribution is 5.93. The maximum atomic E-state index is 13.8. The molecule has 1 aromatic heterocycles. The van der Waals surface area contributed by atoms with Gasteiger partial charge in [0, 0.05) is 31.0 Å². The molecule has 31 heavy (non-hydrogen) atoms. The first-order chi connectivity index (χ1) is 14.5. The zero-order valence-electron chi connectivity index (χ0n) is 17.0. The Labute approximate surface area is 176 Å². The van der Waals surface area contributed by atoms with E-state index in [1.54, 1.807) is 19.1 Å². The number of aromatic nitrogens is 2. The third-order valence-electron chi connectivity index (χ3n) is 5.46. The molecular weight excluding hydrogens is 413 g/mol. The molecule has 1 aromatic carbocycles. The second-order valence-corrected chi connectivity index (χ2v) is 8.05. The summed E-state index contributed by atoms with van der Waals surface area (Å²) in [6, 6.07) is 4.78. The number of aliphatic hydroxyl groups is 1. The predicted octanol–water partition coefficient (Wildman–Crippen LogP) is 1.90. The minimum Gasteiger partial charge on any atom is -0.491 e. The second-order valence-electron chi connectivity index (χ2n) is 8.05. The fourth-order valence-electron chi connectivity index (χ4n) is 3.97. The first kappa shape index (κ1) is 21.2. The van der Waals surface area contributed by atoms with Crippen molar-refractivity contribution in [3.63, 3.8) is 0 Å². The third-order valence-corrected chi connectivity index (χ3v) is 5.46. The molecular formula is C21H21F3N4O3. The van der Waals surface area contributed by atoms with Gasteiger partial charge in [0.2, 0.25) is 0 Å². The molecule has 3 N–H and O–H groups in total. The Morgan fingerprint density at radius 1 is 1.42 bits per heavy atom. The van der Waals surface area contributed by atoms with Gasteiger partial charge >= 0.3 is 6.18 Å². The van der Waals surface area contributed by atoms with Crippen LogP contribution in [0.2, 0.25) is 0 Å². The number of fused-ring (bicyclic) bond motifs is 3. The van der Waals surface area contributed by atoms with Gasteiger partial charge in [-0.3, -0.25) is 4.79 Å². The van der Waals surface area contributed by atoms with E-state index in [0.29, 0.717) is 30.8 Å². The molecule has 1 saturated heterocycles. The van der Waals surface area contributed by atoms with Crippen LogP contribution in [0.4, 0.5) is 13.2 Å². The lowest BCUT2D eigenvalue weighted by Crippen LogP contribution is -2.29. The van der Waals surface area contributed by atoms with E-state index in [-0.39, 0.29) is 18.0 Å². The normalized spacial score (nSPS) is 23.2. The number of nitrogens with zero attached hydrogens (tertiary/aromatic N) is 3. The molecule has 0 bridgehead atoms. The smallest absolute Gasteiger partial charge is 0.420 e. The van der Waals surface area contributed by atoms with E-state index in [2.05, 4.69) is 16.9 Å². The lowest BCUT2D eigenvalue weighted by molar-refractivity contribution is -0.138. The molecule has 0 radical (unpaired) electrons. The van der Waals surface area contributed by atoms with Gasteiger partial charge < -0.3 is 20.5 Å². The first-order valence-corrected chi connectivity index (χ1v) is 9.70. The lowest BCUT2D eigenvalue weighted by Gasteiger charge is -2.14. The number of nitrogens with two attached hydrogens (primary N) is 1. The van der Waals surface area contributed by atoms with Crippen LogP contribution in [-0.4, -0.2) is 58.0 Å². The summed E-state index contributed by atoms with van der Waals surface area (Å²) in [5, 5.41) is 14.5. The van der Waals surface area contributed by atoms with Gasteiger partial charge in [0.05, 0.1) is 12.3 Å². The summed E-state index contributed by atoms with van der Waals surface area (Å²) in [5.41, 5.74) is 2.57. The zero-order chi connectivity index (χ0) is 22.6. The van der Waals surface area contributed by atoms with E-state index in [1.165, 1.54) is 6.07 Å². The van der Waals surface area contributed by atoms with Crippen molar-refractivity contribution in [1.29, 1.82) is 0 Å². The van der Waals surface area contributed by atoms with Crippen molar-refractivity contribution in [1.82, 2.24) is 14.7 Å². The molecule has 0 aliphatic carbocycles. The fraction of sp³-hybridized carbons (Fsp3) is 0.429. The molecule has 2 aliphatic heterocycles. The highest BCUT2D eigenvalue weighted by atomic mass is 19.4. The first-order valence-electron chi connectivity index (χ1n) is 9.70. The third kappa shape index (κ3) is 3.86. The molecule has 2 atom stereocenters. The molecule has 7 nitrogen and oxygen atoms in total. The Hall–Kier alpha value is -3.03. The van der Waals surface area contributed by atoms with Crippen LogP contribution in [-0.2, 0) is 6.18 Å². The summed E-state index contributed by atoms with van der Waals surface area (Å²) in [7, 11) is 1.88. The van der Waals surface area contributed by atoms with Crippen LogP contribution in [0, 0.1) is 11.8 Å². The maximum absolute atomic E-state index is 13.8. The number of alkyl halides is 3. The average molecular weight is 434 g/mol. The van der Waals surface area contributed by atoms with Gasteiger partial charge in [0.25, 0.3) is 5.91 Å². The number of carbonyl (C=O) groups excluding carboxylic acids is 1. The number of carbonyl (C=O) groups is 1. The molecule has 1 amide bonds. The van der Waals surface area contributed by atoms with Gasteiger partial charge in [-0.25, -0.2) is 4.68 Å². The number of amides is 1.